The van der Waals surface area contributed by atoms with Gasteiger partial charge in [-0.05, 0) is 13.0 Å². The molecule has 0 saturated carbocycles. The maximum atomic E-state index is 13.1. The number of nitrogens with one attached hydrogen (secondary N) is 1. The third-order valence-electron chi connectivity index (χ3n) is 1.90. The third-order valence-corrected chi connectivity index (χ3v) is 1.90. The van der Waals surface area contributed by atoms with Crippen LogP contribution in [0, 0.1) is 15.9 Å². The minimum atomic E-state index is -1.10. The summed E-state index contributed by atoms with van der Waals surface area (Å²) >= 11 is 0. The number of nitro groups is 1. The quantitative estimate of drug-likeness (QED) is 0.603. The number of carbonyl (C=O) groups is 1. The fraction of sp³-hybridized carbons (Fsp3) is 0.222. The zero-order chi connectivity index (χ0) is 12.3. The normalized spacial score (nSPS) is 11.9. The predicted molar refractivity (Wildman–Crippen MR) is 53.8 cm³/mol. The van der Waals surface area contributed by atoms with Crippen molar-refractivity contribution >= 4 is 17.3 Å². The summed E-state index contributed by atoms with van der Waals surface area (Å²) in [6, 6.07) is 2.21. The number of anilines is 1. The number of nitro benzene ring substituents is 1. The summed E-state index contributed by atoms with van der Waals surface area (Å²) in [4.78, 5) is 20.0. The number of carboxylic acids is 1. The van der Waals surface area contributed by atoms with Crippen molar-refractivity contribution < 1.29 is 19.2 Å². The molecule has 16 heavy (non-hydrogen) atoms. The minimum Gasteiger partial charge on any atom is -0.480 e. The van der Waals surface area contributed by atoms with Gasteiger partial charge in [-0.2, -0.15) is 4.39 Å². The van der Waals surface area contributed by atoms with Crippen LogP contribution >= 0.6 is 0 Å². The highest BCUT2D eigenvalue weighted by Gasteiger charge is 2.16. The summed E-state index contributed by atoms with van der Waals surface area (Å²) in [5, 5.41) is 21.4. The maximum absolute atomic E-state index is 13.1. The van der Waals surface area contributed by atoms with E-state index in [-0.39, 0.29) is 5.69 Å². The topological polar surface area (TPSA) is 92.5 Å². The molecule has 0 spiro atoms. The standard InChI is InChI=1S/C9H9FN2O4/c1-5(9(13)14)11-6-2-3-8(12(15)16)7(10)4-6/h2-5,11H,1H3,(H,13,14). The Hall–Kier alpha value is -2.18. The third kappa shape index (κ3) is 2.66. The zero-order valence-corrected chi connectivity index (χ0v) is 8.31. The van der Waals surface area contributed by atoms with Gasteiger partial charge in [0.2, 0.25) is 5.82 Å². The molecule has 1 unspecified atom stereocenters. The van der Waals surface area contributed by atoms with Gasteiger partial charge in [0.25, 0.3) is 0 Å². The number of nitrogens with zero attached hydrogens (tertiary/aromatic N) is 1. The summed E-state index contributed by atoms with van der Waals surface area (Å²) < 4.78 is 13.1. The number of halogens is 1. The van der Waals surface area contributed by atoms with Crippen molar-refractivity contribution in [1.29, 1.82) is 0 Å². The van der Waals surface area contributed by atoms with E-state index >= 15 is 0 Å². The van der Waals surface area contributed by atoms with E-state index in [1.54, 1.807) is 0 Å². The van der Waals surface area contributed by atoms with Gasteiger partial charge in [-0.15, -0.1) is 0 Å². The summed E-state index contributed by atoms with van der Waals surface area (Å²) in [6.45, 7) is 1.38. The average molecular weight is 228 g/mol. The van der Waals surface area contributed by atoms with Crippen LogP contribution in [0.15, 0.2) is 18.2 Å². The molecule has 0 aliphatic heterocycles. The van der Waals surface area contributed by atoms with Crippen LogP contribution in [0.3, 0.4) is 0 Å². The highest BCUT2D eigenvalue weighted by molar-refractivity contribution is 5.76. The number of benzene rings is 1. The van der Waals surface area contributed by atoms with Gasteiger partial charge in [-0.25, -0.2) is 0 Å². The van der Waals surface area contributed by atoms with Crippen LogP contribution in [0.25, 0.3) is 0 Å². The van der Waals surface area contributed by atoms with E-state index in [0.29, 0.717) is 0 Å². The molecule has 0 saturated heterocycles. The molecule has 86 valence electrons. The van der Waals surface area contributed by atoms with E-state index < -0.39 is 28.4 Å². The smallest absolute Gasteiger partial charge is 0.325 e. The number of carboxylic acid groups (broad SMARTS) is 1. The van der Waals surface area contributed by atoms with E-state index in [4.69, 9.17) is 5.11 Å². The molecule has 1 atom stereocenters. The Kier molecular flexibility index (Phi) is 3.39. The first-order valence-electron chi connectivity index (χ1n) is 4.35. The van der Waals surface area contributed by atoms with Crippen molar-refractivity contribution in [1.82, 2.24) is 0 Å². The average Bonchev–Trinajstić information content (AvgIpc) is 2.16. The van der Waals surface area contributed by atoms with Crippen LogP contribution in [-0.2, 0) is 4.79 Å². The molecular formula is C9H9FN2O4. The van der Waals surface area contributed by atoms with Gasteiger partial charge in [0.05, 0.1) is 4.92 Å². The van der Waals surface area contributed by atoms with Crippen molar-refractivity contribution in [3.63, 3.8) is 0 Å². The summed E-state index contributed by atoms with van der Waals surface area (Å²) in [6.07, 6.45) is 0. The van der Waals surface area contributed by atoms with Crippen LogP contribution in [0.4, 0.5) is 15.8 Å². The summed E-state index contributed by atoms with van der Waals surface area (Å²) in [7, 11) is 0. The van der Waals surface area contributed by atoms with Crippen LogP contribution in [0.1, 0.15) is 6.92 Å². The number of aliphatic carboxylic acids is 1. The minimum absolute atomic E-state index is 0.179. The van der Waals surface area contributed by atoms with Gasteiger partial charge in [-0.1, -0.05) is 0 Å². The number of hydrogen-bond donors (Lipinski definition) is 2. The van der Waals surface area contributed by atoms with Gasteiger partial charge in [0, 0.05) is 17.8 Å². The molecule has 0 fully saturated rings. The molecule has 0 radical (unpaired) electrons. The first-order chi connectivity index (χ1) is 7.41. The van der Waals surface area contributed by atoms with Crippen LogP contribution < -0.4 is 5.32 Å². The number of hydrogen-bond acceptors (Lipinski definition) is 4. The van der Waals surface area contributed by atoms with Gasteiger partial charge in [0.1, 0.15) is 6.04 Å². The van der Waals surface area contributed by atoms with Gasteiger partial charge in [-0.3, -0.25) is 14.9 Å². The predicted octanol–water partition coefficient (Wildman–Crippen LogP) is 1.62. The highest BCUT2D eigenvalue weighted by atomic mass is 19.1. The van der Waals surface area contributed by atoms with Gasteiger partial charge < -0.3 is 10.4 Å². The van der Waals surface area contributed by atoms with E-state index in [1.165, 1.54) is 13.0 Å². The van der Waals surface area contributed by atoms with Crippen LogP contribution in [-0.4, -0.2) is 22.0 Å². The Morgan fingerprint density at radius 1 is 1.62 bits per heavy atom. The molecular weight excluding hydrogens is 219 g/mol. The molecule has 0 amide bonds. The second-order valence-electron chi connectivity index (χ2n) is 3.13. The lowest BCUT2D eigenvalue weighted by Gasteiger charge is -2.10. The lowest BCUT2D eigenvalue weighted by molar-refractivity contribution is -0.387. The molecule has 1 aromatic carbocycles. The van der Waals surface area contributed by atoms with Crippen molar-refractivity contribution in [3.8, 4) is 0 Å². The Balaban J connectivity index is 2.89. The Morgan fingerprint density at radius 2 is 2.25 bits per heavy atom. The van der Waals surface area contributed by atoms with E-state index in [2.05, 4.69) is 5.32 Å². The van der Waals surface area contributed by atoms with Crippen molar-refractivity contribution in [2.75, 3.05) is 5.32 Å². The molecule has 1 aromatic rings. The van der Waals surface area contributed by atoms with Crippen molar-refractivity contribution in [2.45, 2.75) is 13.0 Å². The second-order valence-corrected chi connectivity index (χ2v) is 3.13. The van der Waals surface area contributed by atoms with Gasteiger partial charge in [0.15, 0.2) is 0 Å². The molecule has 6 nitrogen and oxygen atoms in total. The molecule has 0 heterocycles. The maximum Gasteiger partial charge on any atom is 0.325 e. The molecule has 0 aromatic heterocycles. The summed E-state index contributed by atoms with van der Waals surface area (Å²) in [5.74, 6) is -2.11. The SMILES string of the molecule is CC(Nc1ccc([N+](=O)[O-])c(F)c1)C(=O)O. The van der Waals surface area contributed by atoms with Gasteiger partial charge >= 0.3 is 11.7 Å². The first kappa shape index (κ1) is 11.9. The zero-order valence-electron chi connectivity index (χ0n) is 8.31. The van der Waals surface area contributed by atoms with Crippen molar-refractivity contribution in [2.24, 2.45) is 0 Å². The largest absolute Gasteiger partial charge is 0.480 e. The lowest BCUT2D eigenvalue weighted by Crippen LogP contribution is -2.25. The molecule has 0 bridgehead atoms. The first-order valence-corrected chi connectivity index (χ1v) is 4.35. The Morgan fingerprint density at radius 3 is 2.69 bits per heavy atom. The molecule has 2 N–H and O–H groups in total. The van der Waals surface area contributed by atoms with Crippen molar-refractivity contribution in [3.05, 3.63) is 34.1 Å². The van der Waals surface area contributed by atoms with E-state index in [0.717, 1.165) is 12.1 Å². The van der Waals surface area contributed by atoms with Crippen LogP contribution in [0.2, 0.25) is 0 Å². The molecule has 0 aliphatic carbocycles. The van der Waals surface area contributed by atoms with Crippen LogP contribution in [0.5, 0.6) is 0 Å². The molecule has 1 rings (SSSR count). The monoisotopic (exact) mass is 228 g/mol. The molecule has 0 aliphatic rings. The Bertz CT molecular complexity index is 436. The van der Waals surface area contributed by atoms with E-state index in [9.17, 15) is 19.3 Å². The Labute approximate surface area is 89.9 Å². The summed E-state index contributed by atoms with van der Waals surface area (Å²) in [5.41, 5.74) is -0.466. The molecule has 7 heteroatoms. The highest BCUT2D eigenvalue weighted by Crippen LogP contribution is 2.21. The van der Waals surface area contributed by atoms with E-state index in [1.807, 2.05) is 0 Å². The fourth-order valence-electron chi connectivity index (χ4n) is 1.06. The fourth-order valence-corrected chi connectivity index (χ4v) is 1.06. The number of rotatable bonds is 4. The lowest BCUT2D eigenvalue weighted by atomic mass is 10.2. The second kappa shape index (κ2) is 4.56.